The van der Waals surface area contributed by atoms with Gasteiger partial charge in [-0.1, -0.05) is 43.3 Å². The highest BCUT2D eigenvalue weighted by Gasteiger charge is 2.43. The normalized spacial score (nSPS) is 25.7. The predicted molar refractivity (Wildman–Crippen MR) is 153 cm³/mol. The molecule has 2 aromatic carbocycles. The number of nitrogens with one attached hydrogen (secondary N) is 2. The van der Waals surface area contributed by atoms with Crippen LogP contribution in [0.2, 0.25) is 0 Å². The van der Waals surface area contributed by atoms with Crippen LogP contribution >= 0.6 is 0 Å². The number of carbonyl (C=O) groups excluding carboxylic acids is 2. The van der Waals surface area contributed by atoms with E-state index < -0.39 is 24.1 Å². The number of piperidine rings is 1. The lowest BCUT2D eigenvalue weighted by atomic mass is 9.89. The van der Waals surface area contributed by atoms with Gasteiger partial charge in [-0.05, 0) is 30.2 Å². The molecule has 0 aliphatic carbocycles. The summed E-state index contributed by atoms with van der Waals surface area (Å²) in [5.41, 5.74) is 3.15. The molecule has 1 spiro atoms. The van der Waals surface area contributed by atoms with E-state index in [2.05, 4.69) is 22.5 Å². The molecule has 228 valence electrons. The number of anilines is 1. The molecule has 0 aromatic heterocycles. The first kappa shape index (κ1) is 30.4. The van der Waals surface area contributed by atoms with Crippen molar-refractivity contribution in [3.63, 3.8) is 0 Å². The van der Waals surface area contributed by atoms with Crippen molar-refractivity contribution in [2.45, 2.75) is 57.6 Å². The summed E-state index contributed by atoms with van der Waals surface area (Å²) in [6, 6.07) is 14.6. The Bertz CT molecular complexity index is 1190. The number of benzene rings is 2. The highest BCUT2D eigenvalue weighted by atomic mass is 16.7. The van der Waals surface area contributed by atoms with Gasteiger partial charge < -0.3 is 44.3 Å². The molecule has 5 rings (SSSR count). The van der Waals surface area contributed by atoms with Gasteiger partial charge in [0.15, 0.2) is 12.1 Å². The molecule has 3 fully saturated rings. The zero-order valence-electron chi connectivity index (χ0n) is 24.3. The van der Waals surface area contributed by atoms with Crippen LogP contribution in [0.3, 0.4) is 0 Å². The number of amides is 2. The quantitative estimate of drug-likeness (QED) is 0.380. The molecule has 3 heterocycles. The van der Waals surface area contributed by atoms with Crippen LogP contribution in [0.15, 0.2) is 48.5 Å². The van der Waals surface area contributed by atoms with Gasteiger partial charge in [-0.15, -0.1) is 0 Å². The first-order chi connectivity index (χ1) is 20.4. The van der Waals surface area contributed by atoms with Crippen LogP contribution in [-0.4, -0.2) is 79.9 Å². The van der Waals surface area contributed by atoms with Gasteiger partial charge in [-0.2, -0.15) is 0 Å². The zero-order valence-corrected chi connectivity index (χ0v) is 24.3. The molecule has 3 aliphatic heterocycles. The van der Waals surface area contributed by atoms with Crippen molar-refractivity contribution in [1.29, 1.82) is 0 Å². The Labute approximate surface area is 246 Å². The fourth-order valence-electron chi connectivity index (χ4n) is 5.75. The van der Waals surface area contributed by atoms with Crippen LogP contribution in [0.5, 0.6) is 0 Å². The third-order valence-corrected chi connectivity index (χ3v) is 8.11. The second-order valence-electron chi connectivity index (χ2n) is 11.0. The molecule has 2 aromatic rings. The maximum atomic E-state index is 12.4. The van der Waals surface area contributed by atoms with Crippen molar-refractivity contribution in [2.24, 2.45) is 5.92 Å². The number of aliphatic hydroxyl groups is 1. The molecule has 0 radical (unpaired) electrons. The number of esters is 1. The van der Waals surface area contributed by atoms with Gasteiger partial charge >= 0.3 is 12.0 Å². The number of urea groups is 1. The van der Waals surface area contributed by atoms with Crippen molar-refractivity contribution < 1.29 is 38.4 Å². The molecular formula is C31H41N3O8. The maximum Gasteiger partial charge on any atom is 0.325 e. The summed E-state index contributed by atoms with van der Waals surface area (Å²) >= 11 is 0. The Kier molecular flexibility index (Phi) is 10.1. The van der Waals surface area contributed by atoms with Crippen LogP contribution in [0.4, 0.5) is 10.5 Å². The van der Waals surface area contributed by atoms with E-state index in [-0.39, 0.29) is 37.9 Å². The number of ether oxygens (including phenoxy) is 5. The van der Waals surface area contributed by atoms with Gasteiger partial charge in [-0.3, -0.25) is 4.79 Å². The monoisotopic (exact) mass is 583 g/mol. The molecule has 3 saturated heterocycles. The molecule has 11 heteroatoms. The SMILES string of the molecule is CCOC(=O)CNC(=O)Nc1cccc([C@H]2O[C@@H](CN3CCC4(CC3)OCCO4)[C@@H](C)[C@@H](c3ccc(CO)cc3)O2)c1. The number of aliphatic hydroxyl groups excluding tert-OH is 1. The number of nitrogens with zero attached hydrogens (tertiary/aromatic N) is 1. The third kappa shape index (κ3) is 7.47. The highest BCUT2D eigenvalue weighted by Crippen LogP contribution is 2.42. The van der Waals surface area contributed by atoms with Gasteiger partial charge in [0.25, 0.3) is 0 Å². The number of rotatable bonds is 9. The van der Waals surface area contributed by atoms with Crippen molar-refractivity contribution in [3.8, 4) is 0 Å². The first-order valence-corrected chi connectivity index (χ1v) is 14.7. The van der Waals surface area contributed by atoms with Crippen molar-refractivity contribution in [2.75, 3.05) is 51.3 Å². The van der Waals surface area contributed by atoms with Gasteiger partial charge in [0.2, 0.25) is 0 Å². The number of carbonyl (C=O) groups is 2. The van der Waals surface area contributed by atoms with E-state index in [1.54, 1.807) is 13.0 Å². The number of likely N-dealkylation sites (tertiary alicyclic amines) is 1. The Morgan fingerprint density at radius 2 is 1.79 bits per heavy atom. The Balaban J connectivity index is 1.30. The van der Waals surface area contributed by atoms with Crippen LogP contribution in [0.1, 0.15) is 55.8 Å². The maximum absolute atomic E-state index is 12.4. The van der Waals surface area contributed by atoms with E-state index in [1.165, 1.54) is 0 Å². The van der Waals surface area contributed by atoms with E-state index in [0.717, 1.165) is 49.2 Å². The van der Waals surface area contributed by atoms with Gasteiger partial charge in [-0.25, -0.2) is 4.79 Å². The van der Waals surface area contributed by atoms with Gasteiger partial charge in [0, 0.05) is 49.6 Å². The second-order valence-corrected chi connectivity index (χ2v) is 11.0. The average Bonchev–Trinajstić information content (AvgIpc) is 3.46. The van der Waals surface area contributed by atoms with Crippen molar-refractivity contribution >= 4 is 17.7 Å². The van der Waals surface area contributed by atoms with Gasteiger partial charge in [0.05, 0.1) is 38.6 Å². The van der Waals surface area contributed by atoms with E-state index in [1.807, 2.05) is 42.5 Å². The lowest BCUT2D eigenvalue weighted by molar-refractivity contribution is -0.278. The van der Waals surface area contributed by atoms with Gasteiger partial charge in [0.1, 0.15) is 6.54 Å². The molecule has 3 N–H and O–H groups in total. The molecule has 0 unspecified atom stereocenters. The highest BCUT2D eigenvalue weighted by molar-refractivity contribution is 5.91. The molecule has 42 heavy (non-hydrogen) atoms. The predicted octanol–water partition coefficient (Wildman–Crippen LogP) is 3.49. The molecular weight excluding hydrogens is 542 g/mol. The molecule has 0 saturated carbocycles. The Hall–Kier alpha value is -3.06. The van der Waals surface area contributed by atoms with Crippen LogP contribution in [0, 0.1) is 5.92 Å². The van der Waals surface area contributed by atoms with Crippen molar-refractivity contribution in [1.82, 2.24) is 10.2 Å². The molecule has 11 nitrogen and oxygen atoms in total. The van der Waals surface area contributed by atoms with Crippen LogP contribution in [0.25, 0.3) is 0 Å². The summed E-state index contributed by atoms with van der Waals surface area (Å²) in [6.45, 7) is 7.61. The van der Waals surface area contributed by atoms with E-state index in [9.17, 15) is 14.7 Å². The second kappa shape index (κ2) is 13.9. The first-order valence-electron chi connectivity index (χ1n) is 14.7. The standard InChI is InChI=1S/C31H41N3O8/c1-3-38-27(36)18-32-30(37)33-25-6-4-5-24(17-25)29-41-26(19-34-13-11-31(12-14-34)39-15-16-40-31)21(2)28(42-29)23-9-7-22(20-35)8-10-23/h4-10,17,21,26,28-29,35H,3,11-16,18-20H2,1-2H3,(H2,32,33,37)/t21-,26+,28+,29+/m1/s1. The van der Waals surface area contributed by atoms with Crippen LogP contribution in [-0.2, 0) is 35.1 Å². The van der Waals surface area contributed by atoms with Crippen LogP contribution < -0.4 is 10.6 Å². The number of hydrogen-bond acceptors (Lipinski definition) is 9. The molecule has 4 atom stereocenters. The zero-order chi connectivity index (χ0) is 29.5. The summed E-state index contributed by atoms with van der Waals surface area (Å²) in [5.74, 6) is -0.893. The molecule has 0 bridgehead atoms. The molecule has 2 amide bonds. The number of hydrogen-bond donors (Lipinski definition) is 3. The summed E-state index contributed by atoms with van der Waals surface area (Å²) in [4.78, 5) is 26.4. The van der Waals surface area contributed by atoms with E-state index >= 15 is 0 Å². The minimum atomic E-state index is -0.671. The fourth-order valence-corrected chi connectivity index (χ4v) is 5.75. The summed E-state index contributed by atoms with van der Waals surface area (Å²) in [6.07, 6.45) is 0.604. The smallest absolute Gasteiger partial charge is 0.325 e. The largest absolute Gasteiger partial charge is 0.465 e. The fraction of sp³-hybridized carbons (Fsp3) is 0.548. The Morgan fingerprint density at radius 3 is 2.48 bits per heavy atom. The minimum Gasteiger partial charge on any atom is -0.465 e. The summed E-state index contributed by atoms with van der Waals surface area (Å²) in [7, 11) is 0. The summed E-state index contributed by atoms with van der Waals surface area (Å²) < 4.78 is 29.9. The molecule has 3 aliphatic rings. The lowest BCUT2D eigenvalue weighted by Crippen LogP contribution is -2.50. The van der Waals surface area contributed by atoms with E-state index in [4.69, 9.17) is 23.7 Å². The summed E-state index contributed by atoms with van der Waals surface area (Å²) in [5, 5.41) is 14.8. The topological polar surface area (TPSA) is 128 Å². The van der Waals surface area contributed by atoms with Crippen molar-refractivity contribution in [3.05, 3.63) is 65.2 Å². The Morgan fingerprint density at radius 1 is 1.05 bits per heavy atom. The lowest BCUT2D eigenvalue weighted by Gasteiger charge is -2.44. The third-order valence-electron chi connectivity index (χ3n) is 8.11. The minimum absolute atomic E-state index is 0.0211. The van der Waals surface area contributed by atoms with E-state index in [0.29, 0.717) is 18.9 Å². The average molecular weight is 584 g/mol.